The van der Waals surface area contributed by atoms with Crippen molar-refractivity contribution in [1.29, 1.82) is 0 Å². The molecule has 0 spiro atoms. The van der Waals surface area contributed by atoms with E-state index >= 15 is 0 Å². The number of hydrogen-bond donors (Lipinski definition) is 1. The van der Waals surface area contributed by atoms with Crippen LogP contribution in [-0.2, 0) is 4.79 Å². The first-order chi connectivity index (χ1) is 3.77. The molecule has 0 saturated heterocycles. The number of carboxylic acids is 1. The van der Waals surface area contributed by atoms with E-state index in [-0.39, 0.29) is 6.42 Å². The van der Waals surface area contributed by atoms with Crippen LogP contribution in [0.2, 0.25) is 0 Å². The molecule has 0 unspecified atom stereocenters. The van der Waals surface area contributed by atoms with Crippen molar-refractivity contribution in [1.82, 2.24) is 0 Å². The maximum absolute atomic E-state index is 9.80. The molecule has 1 radical (unpaired) electrons. The van der Waals surface area contributed by atoms with Crippen LogP contribution in [0, 0.1) is 6.92 Å². The summed E-state index contributed by atoms with van der Waals surface area (Å²) in [4.78, 5) is 9.80. The van der Waals surface area contributed by atoms with Gasteiger partial charge >= 0.3 is 5.97 Å². The van der Waals surface area contributed by atoms with E-state index < -0.39 is 5.97 Å². The van der Waals surface area contributed by atoms with Crippen molar-refractivity contribution in [3.8, 4) is 0 Å². The van der Waals surface area contributed by atoms with Crippen molar-refractivity contribution in [3.63, 3.8) is 0 Å². The third-order valence-corrected chi connectivity index (χ3v) is 0.626. The van der Waals surface area contributed by atoms with Crippen LogP contribution in [0.25, 0.3) is 0 Å². The second-order valence-corrected chi connectivity index (χ2v) is 1.36. The molecule has 8 heavy (non-hydrogen) atoms. The summed E-state index contributed by atoms with van der Waals surface area (Å²) in [6, 6.07) is 0. The number of carboxylic acid groups (broad SMARTS) is 1. The van der Waals surface area contributed by atoms with Crippen LogP contribution in [0.4, 0.5) is 0 Å². The molecule has 0 aliphatic carbocycles. The van der Waals surface area contributed by atoms with E-state index in [2.05, 4.69) is 6.92 Å². The Morgan fingerprint density at radius 2 is 2.25 bits per heavy atom. The zero-order valence-electron chi connectivity index (χ0n) is 4.63. The van der Waals surface area contributed by atoms with E-state index in [1.54, 1.807) is 12.2 Å². The highest BCUT2D eigenvalue weighted by Gasteiger charge is 1.86. The van der Waals surface area contributed by atoms with Gasteiger partial charge in [-0.25, -0.2) is 0 Å². The molecule has 0 rings (SSSR count). The van der Waals surface area contributed by atoms with Crippen molar-refractivity contribution < 1.29 is 9.90 Å². The lowest BCUT2D eigenvalue weighted by Crippen LogP contribution is -1.89. The van der Waals surface area contributed by atoms with E-state index in [9.17, 15) is 4.79 Å². The molecule has 2 nitrogen and oxygen atoms in total. The maximum atomic E-state index is 9.80. The van der Waals surface area contributed by atoms with Gasteiger partial charge in [0.1, 0.15) is 0 Å². The van der Waals surface area contributed by atoms with E-state index in [0.717, 1.165) is 0 Å². The Bertz CT molecular complexity index is 94.7. The summed E-state index contributed by atoms with van der Waals surface area (Å²) in [6.07, 6.45) is 4.09. The summed E-state index contributed by atoms with van der Waals surface area (Å²) in [5.74, 6) is -0.797. The number of aliphatic carboxylic acids is 1. The highest BCUT2D eigenvalue weighted by molar-refractivity contribution is 5.68. The summed E-state index contributed by atoms with van der Waals surface area (Å²) in [5.41, 5.74) is 0. The first-order valence-electron chi connectivity index (χ1n) is 2.43. The van der Waals surface area contributed by atoms with Crippen LogP contribution in [0.3, 0.4) is 0 Å². The minimum atomic E-state index is -0.797. The summed E-state index contributed by atoms with van der Waals surface area (Å²) >= 11 is 0. The molecule has 2 heteroatoms. The number of carbonyl (C=O) groups is 1. The van der Waals surface area contributed by atoms with Gasteiger partial charge in [0.05, 0.1) is 6.42 Å². The van der Waals surface area contributed by atoms with Gasteiger partial charge in [-0.2, -0.15) is 0 Å². The normalized spacial score (nSPS) is 10.1. The topological polar surface area (TPSA) is 37.3 Å². The van der Waals surface area contributed by atoms with Crippen LogP contribution >= 0.6 is 0 Å². The van der Waals surface area contributed by atoms with Gasteiger partial charge in [0.15, 0.2) is 0 Å². The minimum Gasteiger partial charge on any atom is -0.481 e. The largest absolute Gasteiger partial charge is 0.481 e. The molecule has 0 aromatic heterocycles. The van der Waals surface area contributed by atoms with Crippen LogP contribution in [-0.4, -0.2) is 11.1 Å². The summed E-state index contributed by atoms with van der Waals surface area (Å²) < 4.78 is 0. The molecule has 0 aliphatic heterocycles. The second-order valence-electron chi connectivity index (χ2n) is 1.36. The molecule has 0 heterocycles. The fourth-order valence-electron chi connectivity index (χ4n) is 0.302. The molecule has 0 aromatic carbocycles. The first kappa shape index (κ1) is 7.21. The lowest BCUT2D eigenvalue weighted by Gasteiger charge is -1.79. The fraction of sp³-hybridized carbons (Fsp3) is 0.333. The van der Waals surface area contributed by atoms with E-state index in [4.69, 9.17) is 5.11 Å². The van der Waals surface area contributed by atoms with Gasteiger partial charge in [0, 0.05) is 0 Å². The van der Waals surface area contributed by atoms with Crippen LogP contribution in [0.1, 0.15) is 12.8 Å². The molecular formula is C6H9O2. The predicted molar refractivity (Wildman–Crippen MR) is 31.4 cm³/mol. The van der Waals surface area contributed by atoms with Gasteiger partial charge in [-0.3, -0.25) is 4.79 Å². The standard InChI is InChI=1S/C6H9O2/c1-2-3-4-5-6(7)8/h3-4H,1-2,5H2,(H,7,8). The van der Waals surface area contributed by atoms with Crippen molar-refractivity contribution in [2.45, 2.75) is 12.8 Å². The Morgan fingerprint density at radius 1 is 1.62 bits per heavy atom. The van der Waals surface area contributed by atoms with Crippen molar-refractivity contribution >= 4 is 5.97 Å². The summed E-state index contributed by atoms with van der Waals surface area (Å²) in [6.45, 7) is 3.50. The number of allylic oxidation sites excluding steroid dienone is 1. The van der Waals surface area contributed by atoms with Gasteiger partial charge in [-0.05, 0) is 13.3 Å². The van der Waals surface area contributed by atoms with Gasteiger partial charge in [0.2, 0.25) is 0 Å². The zero-order chi connectivity index (χ0) is 6.41. The Balaban J connectivity index is 3.16. The monoisotopic (exact) mass is 113 g/mol. The Morgan fingerprint density at radius 3 is 2.62 bits per heavy atom. The van der Waals surface area contributed by atoms with Crippen molar-refractivity contribution in [3.05, 3.63) is 19.1 Å². The van der Waals surface area contributed by atoms with Gasteiger partial charge in [0.25, 0.3) is 0 Å². The molecule has 45 valence electrons. The zero-order valence-corrected chi connectivity index (χ0v) is 4.63. The number of hydrogen-bond acceptors (Lipinski definition) is 1. The highest BCUT2D eigenvalue weighted by Crippen LogP contribution is 1.84. The minimum absolute atomic E-state index is 0.107. The molecule has 1 N–H and O–H groups in total. The van der Waals surface area contributed by atoms with Gasteiger partial charge in [-0.15, -0.1) is 0 Å². The molecule has 0 aromatic rings. The number of rotatable bonds is 3. The molecule has 0 amide bonds. The Kier molecular flexibility index (Phi) is 3.94. The molecular weight excluding hydrogens is 104 g/mol. The van der Waals surface area contributed by atoms with Crippen LogP contribution in [0.15, 0.2) is 12.2 Å². The highest BCUT2D eigenvalue weighted by atomic mass is 16.4. The first-order valence-corrected chi connectivity index (χ1v) is 2.43. The lowest BCUT2D eigenvalue weighted by molar-refractivity contribution is -0.136. The van der Waals surface area contributed by atoms with E-state index in [1.165, 1.54) is 0 Å². The molecule has 0 saturated carbocycles. The summed E-state index contributed by atoms with van der Waals surface area (Å²) in [5, 5.41) is 8.07. The molecule has 0 aliphatic rings. The predicted octanol–water partition coefficient (Wildman–Crippen LogP) is 1.24. The average molecular weight is 113 g/mol. The van der Waals surface area contributed by atoms with E-state index in [0.29, 0.717) is 6.42 Å². The van der Waals surface area contributed by atoms with Crippen LogP contribution < -0.4 is 0 Å². The van der Waals surface area contributed by atoms with Crippen molar-refractivity contribution in [2.75, 3.05) is 0 Å². The maximum Gasteiger partial charge on any atom is 0.307 e. The van der Waals surface area contributed by atoms with Gasteiger partial charge in [-0.1, -0.05) is 12.2 Å². The second kappa shape index (κ2) is 4.37. The third kappa shape index (κ3) is 5.21. The third-order valence-electron chi connectivity index (χ3n) is 0.626. The summed E-state index contributed by atoms with van der Waals surface area (Å²) in [7, 11) is 0. The average Bonchev–Trinajstić information content (AvgIpc) is 1.66. The fourth-order valence-corrected chi connectivity index (χ4v) is 0.302. The smallest absolute Gasteiger partial charge is 0.307 e. The molecule has 0 atom stereocenters. The van der Waals surface area contributed by atoms with Crippen LogP contribution in [0.5, 0.6) is 0 Å². The molecule has 0 fully saturated rings. The lowest BCUT2D eigenvalue weighted by atomic mass is 10.3. The Hall–Kier alpha value is -0.790. The SMILES string of the molecule is [CH2]CC=CCC(=O)O. The Labute approximate surface area is 48.8 Å². The van der Waals surface area contributed by atoms with E-state index in [1.807, 2.05) is 0 Å². The molecule has 0 bridgehead atoms. The van der Waals surface area contributed by atoms with Crippen molar-refractivity contribution in [2.24, 2.45) is 0 Å². The quantitative estimate of drug-likeness (QED) is 0.559. The van der Waals surface area contributed by atoms with Gasteiger partial charge < -0.3 is 5.11 Å².